The van der Waals surface area contributed by atoms with Gasteiger partial charge in [0.05, 0.1) is 0 Å². The lowest BCUT2D eigenvalue weighted by Gasteiger charge is -2.21. The van der Waals surface area contributed by atoms with Crippen molar-refractivity contribution in [2.75, 3.05) is 5.32 Å². The minimum absolute atomic E-state index is 0.0646. The standard InChI is InChI=1S/C23H23BrN2O2/c24-17-7-1-6-16(13-17)21(27)26-23(10-11-23)22(28)25-20-18-8-2-4-14(18)12-15-5-3-9-19(15)20/h1,6-7,12-13H,2-5,8-11H2,(H,25,28)(H,26,27). The molecule has 0 aromatic heterocycles. The molecule has 0 atom stereocenters. The quantitative estimate of drug-likeness (QED) is 0.745. The first-order chi connectivity index (χ1) is 13.6. The average Bonchev–Trinajstić information content (AvgIpc) is 3.09. The number of benzene rings is 2. The molecule has 4 nitrogen and oxygen atoms in total. The van der Waals surface area contributed by atoms with Gasteiger partial charge in [-0.05, 0) is 91.8 Å². The molecule has 0 unspecified atom stereocenters. The van der Waals surface area contributed by atoms with Crippen molar-refractivity contribution >= 4 is 33.4 Å². The highest BCUT2D eigenvalue weighted by Crippen LogP contribution is 2.41. The lowest BCUT2D eigenvalue weighted by atomic mass is 9.98. The Morgan fingerprint density at radius 2 is 1.61 bits per heavy atom. The predicted octanol–water partition coefficient (Wildman–Crippen LogP) is 4.33. The van der Waals surface area contributed by atoms with Crippen molar-refractivity contribution in [3.8, 4) is 0 Å². The third-order valence-electron chi connectivity index (χ3n) is 6.34. The first kappa shape index (κ1) is 17.9. The third-order valence-corrected chi connectivity index (χ3v) is 6.83. The smallest absolute Gasteiger partial charge is 0.252 e. The van der Waals surface area contributed by atoms with Crippen LogP contribution in [0.2, 0.25) is 0 Å². The Labute approximate surface area is 173 Å². The second kappa shape index (κ2) is 6.73. The zero-order chi connectivity index (χ0) is 19.3. The molecule has 144 valence electrons. The zero-order valence-electron chi connectivity index (χ0n) is 15.7. The highest BCUT2D eigenvalue weighted by atomic mass is 79.9. The number of carbonyl (C=O) groups is 2. The normalized spacial score (nSPS) is 18.3. The van der Waals surface area contributed by atoms with Crippen molar-refractivity contribution in [1.29, 1.82) is 0 Å². The van der Waals surface area contributed by atoms with Crippen LogP contribution in [0.1, 0.15) is 58.3 Å². The molecule has 28 heavy (non-hydrogen) atoms. The number of hydrogen-bond donors (Lipinski definition) is 2. The molecular formula is C23H23BrN2O2. The highest BCUT2D eigenvalue weighted by Gasteiger charge is 2.51. The number of fused-ring (bicyclic) bond motifs is 2. The van der Waals surface area contributed by atoms with E-state index in [1.54, 1.807) is 12.1 Å². The van der Waals surface area contributed by atoms with Gasteiger partial charge in [-0.3, -0.25) is 9.59 Å². The van der Waals surface area contributed by atoms with E-state index in [9.17, 15) is 9.59 Å². The van der Waals surface area contributed by atoms with Gasteiger partial charge in [-0.1, -0.05) is 28.1 Å². The van der Waals surface area contributed by atoms with Crippen LogP contribution in [0.25, 0.3) is 0 Å². The fourth-order valence-electron chi connectivity index (χ4n) is 4.65. The molecule has 0 radical (unpaired) electrons. The number of carbonyl (C=O) groups excluding carboxylic acids is 2. The van der Waals surface area contributed by atoms with Gasteiger partial charge in [-0.2, -0.15) is 0 Å². The minimum atomic E-state index is -0.772. The van der Waals surface area contributed by atoms with Crippen molar-refractivity contribution in [2.24, 2.45) is 0 Å². The summed E-state index contributed by atoms with van der Waals surface area (Å²) in [7, 11) is 0. The van der Waals surface area contributed by atoms with E-state index in [4.69, 9.17) is 0 Å². The lowest BCUT2D eigenvalue weighted by Crippen LogP contribution is -2.46. The highest BCUT2D eigenvalue weighted by molar-refractivity contribution is 9.10. The van der Waals surface area contributed by atoms with E-state index in [-0.39, 0.29) is 11.8 Å². The van der Waals surface area contributed by atoms with Gasteiger partial charge in [0.1, 0.15) is 5.54 Å². The molecule has 5 rings (SSSR count). The van der Waals surface area contributed by atoms with Crippen LogP contribution in [-0.4, -0.2) is 17.4 Å². The van der Waals surface area contributed by atoms with Crippen molar-refractivity contribution in [3.05, 3.63) is 62.6 Å². The molecule has 2 amide bonds. The average molecular weight is 439 g/mol. The minimum Gasteiger partial charge on any atom is -0.338 e. The van der Waals surface area contributed by atoms with E-state index >= 15 is 0 Å². The Bertz CT molecular complexity index is 962. The molecular weight excluding hydrogens is 416 g/mol. The van der Waals surface area contributed by atoms with E-state index in [0.717, 1.165) is 48.7 Å². The van der Waals surface area contributed by atoms with Gasteiger partial charge in [0, 0.05) is 15.7 Å². The molecule has 1 fully saturated rings. The lowest BCUT2D eigenvalue weighted by molar-refractivity contribution is -0.118. The molecule has 0 aliphatic heterocycles. The number of rotatable bonds is 4. The molecule has 0 heterocycles. The molecule has 0 spiro atoms. The van der Waals surface area contributed by atoms with E-state index in [0.29, 0.717) is 18.4 Å². The maximum absolute atomic E-state index is 13.2. The van der Waals surface area contributed by atoms with Gasteiger partial charge in [-0.15, -0.1) is 0 Å². The van der Waals surface area contributed by atoms with Crippen molar-refractivity contribution in [1.82, 2.24) is 5.32 Å². The zero-order valence-corrected chi connectivity index (χ0v) is 17.3. The maximum atomic E-state index is 13.2. The topological polar surface area (TPSA) is 58.2 Å². The first-order valence-electron chi connectivity index (χ1n) is 10.1. The van der Waals surface area contributed by atoms with Crippen LogP contribution >= 0.6 is 15.9 Å². The Morgan fingerprint density at radius 3 is 2.21 bits per heavy atom. The SMILES string of the molecule is O=C(NC1(C(=O)Nc2c3c(cc4c2CCC4)CCC3)CC1)c1cccc(Br)c1. The van der Waals surface area contributed by atoms with Crippen LogP contribution in [0.4, 0.5) is 5.69 Å². The van der Waals surface area contributed by atoms with Crippen LogP contribution in [0.5, 0.6) is 0 Å². The Hall–Kier alpha value is -2.14. The third kappa shape index (κ3) is 3.06. The van der Waals surface area contributed by atoms with Gasteiger partial charge < -0.3 is 10.6 Å². The summed E-state index contributed by atoms with van der Waals surface area (Å²) in [5.74, 6) is -0.261. The predicted molar refractivity (Wildman–Crippen MR) is 113 cm³/mol. The molecule has 5 heteroatoms. The fraction of sp³-hybridized carbons (Fsp3) is 0.391. The summed E-state index contributed by atoms with van der Waals surface area (Å²) in [5.41, 5.74) is 6.29. The van der Waals surface area contributed by atoms with E-state index in [2.05, 4.69) is 32.6 Å². The summed E-state index contributed by atoms with van der Waals surface area (Å²) in [6.45, 7) is 0. The second-order valence-corrected chi connectivity index (χ2v) is 9.15. The number of anilines is 1. The van der Waals surface area contributed by atoms with Crippen molar-refractivity contribution < 1.29 is 9.59 Å². The summed E-state index contributed by atoms with van der Waals surface area (Å²) < 4.78 is 0.852. The summed E-state index contributed by atoms with van der Waals surface area (Å²) >= 11 is 3.40. The van der Waals surface area contributed by atoms with E-state index < -0.39 is 5.54 Å². The number of halogens is 1. The summed E-state index contributed by atoms with van der Waals surface area (Å²) in [6.07, 6.45) is 7.99. The number of nitrogens with one attached hydrogen (secondary N) is 2. The van der Waals surface area contributed by atoms with Crippen LogP contribution < -0.4 is 10.6 Å². The van der Waals surface area contributed by atoms with Gasteiger partial charge in [0.2, 0.25) is 5.91 Å². The van der Waals surface area contributed by atoms with Gasteiger partial charge >= 0.3 is 0 Å². The van der Waals surface area contributed by atoms with Crippen LogP contribution in [0.3, 0.4) is 0 Å². The number of aryl methyl sites for hydroxylation is 2. The Balaban J connectivity index is 1.39. The van der Waals surface area contributed by atoms with Gasteiger partial charge in [-0.25, -0.2) is 0 Å². The molecule has 3 aliphatic carbocycles. The number of hydrogen-bond acceptors (Lipinski definition) is 2. The molecule has 2 aromatic rings. The van der Waals surface area contributed by atoms with Gasteiger partial charge in [0.15, 0.2) is 0 Å². The largest absolute Gasteiger partial charge is 0.338 e. The molecule has 0 bridgehead atoms. The van der Waals surface area contributed by atoms with Crippen molar-refractivity contribution in [2.45, 2.75) is 56.9 Å². The van der Waals surface area contributed by atoms with E-state index in [1.165, 1.54) is 22.3 Å². The number of amides is 2. The second-order valence-electron chi connectivity index (χ2n) is 8.23. The molecule has 1 saturated carbocycles. The van der Waals surface area contributed by atoms with Crippen molar-refractivity contribution in [3.63, 3.8) is 0 Å². The molecule has 0 saturated heterocycles. The molecule has 2 N–H and O–H groups in total. The monoisotopic (exact) mass is 438 g/mol. The van der Waals surface area contributed by atoms with Gasteiger partial charge in [0.25, 0.3) is 5.91 Å². The summed E-state index contributed by atoms with van der Waals surface area (Å²) in [4.78, 5) is 25.9. The Kier molecular flexibility index (Phi) is 4.31. The van der Waals surface area contributed by atoms with Crippen LogP contribution in [0, 0.1) is 0 Å². The molecule has 3 aliphatic rings. The maximum Gasteiger partial charge on any atom is 0.252 e. The fourth-order valence-corrected chi connectivity index (χ4v) is 5.05. The first-order valence-corrected chi connectivity index (χ1v) is 10.9. The molecule has 2 aromatic carbocycles. The van der Waals surface area contributed by atoms with E-state index in [1.807, 2.05) is 12.1 Å². The summed E-state index contributed by atoms with van der Waals surface area (Å²) in [5, 5.41) is 6.25. The Morgan fingerprint density at radius 1 is 0.929 bits per heavy atom. The summed E-state index contributed by atoms with van der Waals surface area (Å²) in [6, 6.07) is 9.62. The van der Waals surface area contributed by atoms with Crippen LogP contribution in [-0.2, 0) is 30.5 Å². The van der Waals surface area contributed by atoms with Crippen LogP contribution in [0.15, 0.2) is 34.8 Å².